The van der Waals surface area contributed by atoms with Crippen molar-refractivity contribution in [3.05, 3.63) is 59.7 Å². The van der Waals surface area contributed by atoms with E-state index in [0.717, 1.165) is 24.5 Å². The van der Waals surface area contributed by atoms with Gasteiger partial charge in [0, 0.05) is 23.7 Å². The lowest BCUT2D eigenvalue weighted by molar-refractivity contribution is 0.00486. The van der Waals surface area contributed by atoms with Gasteiger partial charge in [-0.1, -0.05) is 36.4 Å². The van der Waals surface area contributed by atoms with Crippen LogP contribution in [0.1, 0.15) is 36.3 Å². The topological polar surface area (TPSA) is 18.5 Å². The van der Waals surface area contributed by atoms with Gasteiger partial charge in [0.1, 0.15) is 11.5 Å². The van der Waals surface area contributed by atoms with Crippen LogP contribution in [0.4, 0.5) is 0 Å². The van der Waals surface area contributed by atoms with Crippen LogP contribution in [0.25, 0.3) is 0 Å². The molecule has 0 N–H and O–H groups in total. The SMILES string of the molecule is c1ccc2c(c1)Oc1ccccc1C2C1CCCCO1. The molecule has 1 fully saturated rings. The number of benzene rings is 2. The number of hydrogen-bond acceptors (Lipinski definition) is 2. The molecule has 0 aliphatic carbocycles. The fourth-order valence-corrected chi connectivity index (χ4v) is 3.38. The molecule has 1 atom stereocenters. The molecule has 2 heteroatoms. The zero-order valence-electron chi connectivity index (χ0n) is 11.4. The van der Waals surface area contributed by atoms with E-state index in [1.54, 1.807) is 0 Å². The van der Waals surface area contributed by atoms with Gasteiger partial charge in [-0.25, -0.2) is 0 Å². The van der Waals surface area contributed by atoms with Crippen LogP contribution in [0.3, 0.4) is 0 Å². The van der Waals surface area contributed by atoms with Crippen molar-refractivity contribution in [1.29, 1.82) is 0 Å². The van der Waals surface area contributed by atoms with Crippen LogP contribution in [0.2, 0.25) is 0 Å². The normalized spacial score (nSPS) is 21.7. The Labute approximate surface area is 119 Å². The maximum absolute atomic E-state index is 6.08. The Morgan fingerprint density at radius 3 is 2.05 bits per heavy atom. The average molecular weight is 266 g/mol. The Kier molecular flexibility index (Phi) is 2.96. The lowest BCUT2D eigenvalue weighted by Crippen LogP contribution is -2.29. The smallest absolute Gasteiger partial charge is 0.131 e. The summed E-state index contributed by atoms with van der Waals surface area (Å²) in [6, 6.07) is 16.7. The lowest BCUT2D eigenvalue weighted by Gasteiger charge is -2.35. The van der Waals surface area contributed by atoms with E-state index < -0.39 is 0 Å². The molecule has 0 amide bonds. The Bertz CT molecular complexity index is 569. The van der Waals surface area contributed by atoms with Crippen LogP contribution in [0, 0.1) is 0 Å². The summed E-state index contributed by atoms with van der Waals surface area (Å²) in [5.41, 5.74) is 2.52. The fraction of sp³-hybridized carbons (Fsp3) is 0.333. The van der Waals surface area contributed by atoms with E-state index in [1.807, 2.05) is 12.1 Å². The first-order chi connectivity index (χ1) is 9.93. The van der Waals surface area contributed by atoms with Crippen molar-refractivity contribution >= 4 is 0 Å². The first kappa shape index (κ1) is 12.0. The van der Waals surface area contributed by atoms with Crippen molar-refractivity contribution in [3.8, 4) is 11.5 Å². The van der Waals surface area contributed by atoms with Gasteiger partial charge in [-0.3, -0.25) is 0 Å². The van der Waals surface area contributed by atoms with Crippen molar-refractivity contribution in [3.63, 3.8) is 0 Å². The summed E-state index contributed by atoms with van der Waals surface area (Å²) < 4.78 is 12.1. The van der Waals surface area contributed by atoms with Crippen molar-refractivity contribution < 1.29 is 9.47 Å². The van der Waals surface area contributed by atoms with Crippen molar-refractivity contribution in [2.75, 3.05) is 6.61 Å². The molecule has 0 bridgehead atoms. The van der Waals surface area contributed by atoms with Gasteiger partial charge in [0.2, 0.25) is 0 Å². The first-order valence-electron chi connectivity index (χ1n) is 7.41. The van der Waals surface area contributed by atoms with Crippen LogP contribution in [0.5, 0.6) is 11.5 Å². The minimum absolute atomic E-state index is 0.273. The molecular formula is C18H18O2. The number of ether oxygens (including phenoxy) is 2. The second-order valence-electron chi connectivity index (χ2n) is 5.56. The molecule has 102 valence electrons. The maximum Gasteiger partial charge on any atom is 0.131 e. The lowest BCUT2D eigenvalue weighted by atomic mass is 9.81. The second kappa shape index (κ2) is 4.95. The minimum atomic E-state index is 0.273. The van der Waals surface area contributed by atoms with Gasteiger partial charge in [-0.2, -0.15) is 0 Å². The van der Waals surface area contributed by atoms with Crippen LogP contribution >= 0.6 is 0 Å². The molecule has 1 unspecified atom stereocenters. The predicted molar refractivity (Wildman–Crippen MR) is 78.4 cm³/mol. The molecule has 2 heterocycles. The molecule has 20 heavy (non-hydrogen) atoms. The van der Waals surface area contributed by atoms with Gasteiger partial charge in [0.15, 0.2) is 0 Å². The highest BCUT2D eigenvalue weighted by Crippen LogP contribution is 2.47. The molecule has 4 rings (SSSR count). The third kappa shape index (κ3) is 1.92. The summed E-state index contributed by atoms with van der Waals surface area (Å²) in [6.07, 6.45) is 3.85. The van der Waals surface area contributed by atoms with Crippen molar-refractivity contribution in [2.24, 2.45) is 0 Å². The van der Waals surface area contributed by atoms with E-state index in [2.05, 4.69) is 36.4 Å². The van der Waals surface area contributed by atoms with E-state index in [0.29, 0.717) is 5.92 Å². The van der Waals surface area contributed by atoms with Gasteiger partial charge in [-0.15, -0.1) is 0 Å². The van der Waals surface area contributed by atoms with Crippen molar-refractivity contribution in [2.45, 2.75) is 31.3 Å². The predicted octanol–water partition coefficient (Wildman–Crippen LogP) is 4.49. The Balaban J connectivity index is 1.83. The summed E-state index contributed by atoms with van der Waals surface area (Å²) in [5, 5.41) is 0. The van der Waals surface area contributed by atoms with Gasteiger partial charge in [-0.05, 0) is 31.4 Å². The second-order valence-corrected chi connectivity index (χ2v) is 5.56. The van der Waals surface area contributed by atoms with Crippen LogP contribution in [-0.2, 0) is 4.74 Å². The molecule has 0 radical (unpaired) electrons. The summed E-state index contributed by atoms with van der Waals surface area (Å²) in [6.45, 7) is 0.881. The van der Waals surface area contributed by atoms with Gasteiger partial charge in [0.05, 0.1) is 6.10 Å². The highest BCUT2D eigenvalue weighted by Gasteiger charge is 2.34. The standard InChI is InChI=1S/C18H18O2/c1-3-9-15-13(7-1)18(17-11-5-6-12-19-17)14-8-2-4-10-16(14)20-15/h1-4,7-10,17-18H,5-6,11-12H2. The number of para-hydroxylation sites is 2. The van der Waals surface area contributed by atoms with E-state index in [1.165, 1.54) is 24.0 Å². The number of fused-ring (bicyclic) bond motifs is 2. The summed E-state index contributed by atoms with van der Waals surface area (Å²) in [5.74, 6) is 2.26. The van der Waals surface area contributed by atoms with E-state index >= 15 is 0 Å². The quantitative estimate of drug-likeness (QED) is 0.757. The van der Waals surface area contributed by atoms with Gasteiger partial charge < -0.3 is 9.47 Å². The van der Waals surface area contributed by atoms with E-state index in [4.69, 9.17) is 9.47 Å². The zero-order chi connectivity index (χ0) is 13.4. The average Bonchev–Trinajstić information content (AvgIpc) is 2.53. The van der Waals surface area contributed by atoms with E-state index in [-0.39, 0.29) is 6.10 Å². The molecule has 2 aromatic rings. The third-order valence-electron chi connectivity index (χ3n) is 4.31. The van der Waals surface area contributed by atoms with Crippen molar-refractivity contribution in [1.82, 2.24) is 0 Å². The number of hydrogen-bond donors (Lipinski definition) is 0. The maximum atomic E-state index is 6.08. The molecule has 1 saturated heterocycles. The number of rotatable bonds is 1. The summed E-state index contributed by atoms with van der Waals surface area (Å²) >= 11 is 0. The van der Waals surface area contributed by atoms with E-state index in [9.17, 15) is 0 Å². The summed E-state index contributed by atoms with van der Waals surface area (Å²) in [7, 11) is 0. The minimum Gasteiger partial charge on any atom is -0.457 e. The zero-order valence-corrected chi connectivity index (χ0v) is 11.4. The largest absolute Gasteiger partial charge is 0.457 e. The van der Waals surface area contributed by atoms with Crippen LogP contribution in [0.15, 0.2) is 48.5 Å². The molecule has 0 aromatic heterocycles. The Hall–Kier alpha value is -1.80. The highest BCUT2D eigenvalue weighted by molar-refractivity contribution is 5.54. The fourth-order valence-electron chi connectivity index (χ4n) is 3.38. The third-order valence-corrected chi connectivity index (χ3v) is 4.31. The van der Waals surface area contributed by atoms with Gasteiger partial charge >= 0.3 is 0 Å². The molecule has 0 saturated carbocycles. The first-order valence-corrected chi connectivity index (χ1v) is 7.41. The molecule has 2 aliphatic heterocycles. The molecule has 2 aromatic carbocycles. The Morgan fingerprint density at radius 1 is 0.800 bits per heavy atom. The molecule has 2 aliphatic rings. The highest BCUT2D eigenvalue weighted by atomic mass is 16.5. The van der Waals surface area contributed by atoms with Gasteiger partial charge in [0.25, 0.3) is 0 Å². The molecule has 2 nitrogen and oxygen atoms in total. The monoisotopic (exact) mass is 266 g/mol. The molecular weight excluding hydrogens is 248 g/mol. The van der Waals surface area contributed by atoms with Crippen LogP contribution < -0.4 is 4.74 Å². The Morgan fingerprint density at radius 2 is 1.45 bits per heavy atom. The van der Waals surface area contributed by atoms with Crippen LogP contribution in [-0.4, -0.2) is 12.7 Å². The summed E-state index contributed by atoms with van der Waals surface area (Å²) in [4.78, 5) is 0. The molecule has 0 spiro atoms.